The van der Waals surface area contributed by atoms with Crippen LogP contribution in [-0.4, -0.2) is 41.3 Å². The molecule has 4 aromatic heterocycles. The molecule has 0 radical (unpaired) electrons. The number of imidazole rings is 1. The molecule has 2 saturated carbocycles. The van der Waals surface area contributed by atoms with Gasteiger partial charge in [0, 0.05) is 31.1 Å². The van der Waals surface area contributed by atoms with Gasteiger partial charge in [0.1, 0.15) is 17.6 Å². The summed E-state index contributed by atoms with van der Waals surface area (Å²) in [5.41, 5.74) is 3.44. The fraction of sp³-hybridized carbons (Fsp3) is 0.552. The second-order valence-corrected chi connectivity index (χ2v) is 11.7. The monoisotopic (exact) mass is 549 g/mol. The molecule has 4 heterocycles. The minimum atomic E-state index is -0.381. The summed E-state index contributed by atoms with van der Waals surface area (Å²) in [6, 6.07) is 3.80. The van der Waals surface area contributed by atoms with Gasteiger partial charge in [0.2, 0.25) is 0 Å². The fourth-order valence-electron chi connectivity index (χ4n) is 6.46. The molecule has 0 saturated heterocycles. The number of hydrogen-bond acceptors (Lipinski definition) is 6. The van der Waals surface area contributed by atoms with Crippen LogP contribution in [0.3, 0.4) is 0 Å². The number of aromatic nitrogens is 7. The highest BCUT2D eigenvalue weighted by molar-refractivity contribution is 6.30. The Bertz CT molecular complexity index is 1500. The molecule has 2 N–H and O–H groups in total. The van der Waals surface area contributed by atoms with Crippen LogP contribution in [0.1, 0.15) is 77.1 Å². The summed E-state index contributed by atoms with van der Waals surface area (Å²) < 4.78 is 8.85. The van der Waals surface area contributed by atoms with Gasteiger partial charge < -0.3 is 9.30 Å². The molecule has 2 aliphatic carbocycles. The number of H-pyrrole nitrogens is 2. The van der Waals surface area contributed by atoms with Crippen LogP contribution < -0.4 is 5.69 Å². The van der Waals surface area contributed by atoms with Crippen LogP contribution in [0.5, 0.6) is 0 Å². The number of pyridine rings is 2. The average molecular weight is 550 g/mol. The van der Waals surface area contributed by atoms with Crippen LogP contribution in [0.15, 0.2) is 29.3 Å². The molecule has 0 aliphatic heterocycles. The number of nitrogens with zero attached hydrogens (tertiary/aromatic N) is 5. The fourth-order valence-corrected chi connectivity index (χ4v) is 6.64. The quantitative estimate of drug-likeness (QED) is 0.266. The third-order valence-corrected chi connectivity index (χ3v) is 8.69. The van der Waals surface area contributed by atoms with Crippen LogP contribution in [-0.2, 0) is 11.3 Å². The number of nitrogens with one attached hydrogen (secondary N) is 2. The molecular formula is C29H36ClN7O2. The summed E-state index contributed by atoms with van der Waals surface area (Å²) in [6.45, 7) is 5.92. The Hall–Kier alpha value is -3.04. The third kappa shape index (κ3) is 5.39. The van der Waals surface area contributed by atoms with Crippen molar-refractivity contribution in [2.24, 2.45) is 17.8 Å². The van der Waals surface area contributed by atoms with E-state index in [-0.39, 0.29) is 11.8 Å². The molecule has 0 amide bonds. The molecule has 1 atom stereocenters. The second kappa shape index (κ2) is 11.2. The van der Waals surface area contributed by atoms with Gasteiger partial charge in [0.25, 0.3) is 0 Å². The van der Waals surface area contributed by atoms with Gasteiger partial charge in [0.05, 0.1) is 21.7 Å². The van der Waals surface area contributed by atoms with Gasteiger partial charge in [-0.3, -0.25) is 9.97 Å². The molecule has 9 nitrogen and oxygen atoms in total. The minimum Gasteiger partial charge on any atom is -0.370 e. The zero-order valence-electron chi connectivity index (χ0n) is 22.6. The standard InChI is InChI=1S/C29H36ClN7O2/c1-3-39-26(19-6-4-5-7-19)28-33-22-13-23(27-34-29(38)36-35-27)32-24(20-12-21(30)15-31-14-20)25(22)37(28)16-18-10-8-17(2)9-11-18/h12-15,17-19,26H,3-11,16H2,1-2H3,(H2,34,35,36,38). The Balaban J connectivity index is 1.58. The summed E-state index contributed by atoms with van der Waals surface area (Å²) in [4.78, 5) is 29.3. The van der Waals surface area contributed by atoms with E-state index in [1.807, 2.05) is 12.1 Å². The number of ether oxygens (including phenoxy) is 1. The van der Waals surface area contributed by atoms with E-state index in [1.165, 1.54) is 38.5 Å². The Morgan fingerprint density at radius 3 is 2.59 bits per heavy atom. The van der Waals surface area contributed by atoms with E-state index in [2.05, 4.69) is 38.6 Å². The lowest BCUT2D eigenvalue weighted by Gasteiger charge is -2.29. The van der Waals surface area contributed by atoms with Gasteiger partial charge in [-0.25, -0.2) is 19.9 Å². The summed E-state index contributed by atoms with van der Waals surface area (Å²) in [5, 5.41) is 7.13. The van der Waals surface area contributed by atoms with Crippen molar-refractivity contribution in [3.63, 3.8) is 0 Å². The normalized spacial score (nSPS) is 21.1. The van der Waals surface area contributed by atoms with Crippen LogP contribution >= 0.6 is 11.6 Å². The lowest BCUT2D eigenvalue weighted by molar-refractivity contribution is 0.0114. The van der Waals surface area contributed by atoms with Gasteiger partial charge in [0.15, 0.2) is 5.82 Å². The van der Waals surface area contributed by atoms with Gasteiger partial charge in [-0.1, -0.05) is 44.2 Å². The van der Waals surface area contributed by atoms with Crippen molar-refractivity contribution >= 4 is 22.6 Å². The summed E-state index contributed by atoms with van der Waals surface area (Å²) in [5.74, 6) is 3.13. The van der Waals surface area contributed by atoms with Crippen molar-refractivity contribution < 1.29 is 4.74 Å². The lowest BCUT2D eigenvalue weighted by Crippen LogP contribution is -2.23. The van der Waals surface area contributed by atoms with Crippen molar-refractivity contribution in [2.75, 3.05) is 6.61 Å². The maximum absolute atomic E-state index is 11.9. The molecule has 10 heteroatoms. The predicted octanol–water partition coefficient (Wildman–Crippen LogP) is 6.32. The van der Waals surface area contributed by atoms with Gasteiger partial charge in [-0.2, -0.15) is 5.10 Å². The zero-order valence-corrected chi connectivity index (χ0v) is 23.4. The summed E-state index contributed by atoms with van der Waals surface area (Å²) in [7, 11) is 0. The largest absolute Gasteiger partial charge is 0.370 e. The summed E-state index contributed by atoms with van der Waals surface area (Å²) >= 11 is 6.40. The molecule has 0 aromatic carbocycles. The minimum absolute atomic E-state index is 0.0774. The molecule has 0 spiro atoms. The molecule has 2 fully saturated rings. The number of aromatic amines is 2. The molecule has 1 unspecified atom stereocenters. The van der Waals surface area contributed by atoms with Crippen molar-refractivity contribution in [1.29, 1.82) is 0 Å². The highest BCUT2D eigenvalue weighted by Gasteiger charge is 2.33. The molecule has 4 aromatic rings. The van der Waals surface area contributed by atoms with E-state index in [4.69, 9.17) is 26.3 Å². The molecule has 39 heavy (non-hydrogen) atoms. The molecule has 6 rings (SSSR count). The number of halogens is 1. The number of hydrogen-bond donors (Lipinski definition) is 2. The van der Waals surface area contributed by atoms with Crippen LogP contribution in [0.25, 0.3) is 33.8 Å². The van der Waals surface area contributed by atoms with E-state index in [1.54, 1.807) is 12.4 Å². The molecule has 2 aliphatic rings. The molecule has 0 bridgehead atoms. The van der Waals surface area contributed by atoms with Crippen LogP contribution in [0, 0.1) is 17.8 Å². The van der Waals surface area contributed by atoms with E-state index in [0.717, 1.165) is 53.4 Å². The first kappa shape index (κ1) is 26.2. The van der Waals surface area contributed by atoms with E-state index < -0.39 is 0 Å². The Morgan fingerprint density at radius 1 is 1.10 bits per heavy atom. The Labute approximate surface area is 232 Å². The van der Waals surface area contributed by atoms with Crippen molar-refractivity contribution in [3.8, 4) is 22.8 Å². The number of rotatable bonds is 8. The van der Waals surface area contributed by atoms with E-state index in [0.29, 0.717) is 35.0 Å². The molecule has 206 valence electrons. The van der Waals surface area contributed by atoms with E-state index in [9.17, 15) is 4.79 Å². The number of fused-ring (bicyclic) bond motifs is 1. The lowest BCUT2D eigenvalue weighted by atomic mass is 9.83. The maximum atomic E-state index is 11.9. The van der Waals surface area contributed by atoms with Crippen molar-refractivity contribution in [3.05, 3.63) is 45.9 Å². The first-order valence-corrected chi connectivity index (χ1v) is 14.7. The highest BCUT2D eigenvalue weighted by Crippen LogP contribution is 2.42. The average Bonchev–Trinajstić information content (AvgIpc) is 3.69. The topological polar surface area (TPSA) is 114 Å². The third-order valence-electron chi connectivity index (χ3n) is 8.48. The maximum Gasteiger partial charge on any atom is 0.340 e. The Kier molecular flexibility index (Phi) is 7.53. The summed E-state index contributed by atoms with van der Waals surface area (Å²) in [6.07, 6.45) is 13.0. The first-order valence-electron chi connectivity index (χ1n) is 14.3. The van der Waals surface area contributed by atoms with Crippen molar-refractivity contribution in [1.82, 2.24) is 34.7 Å². The first-order chi connectivity index (χ1) is 19.0. The van der Waals surface area contributed by atoms with Gasteiger partial charge >= 0.3 is 5.69 Å². The zero-order chi connectivity index (χ0) is 26.9. The van der Waals surface area contributed by atoms with Gasteiger partial charge in [-0.05, 0) is 62.5 Å². The predicted molar refractivity (Wildman–Crippen MR) is 151 cm³/mol. The van der Waals surface area contributed by atoms with Crippen LogP contribution in [0.4, 0.5) is 0 Å². The Morgan fingerprint density at radius 2 is 1.90 bits per heavy atom. The van der Waals surface area contributed by atoms with Crippen LogP contribution in [0.2, 0.25) is 5.02 Å². The highest BCUT2D eigenvalue weighted by atomic mass is 35.5. The molecular weight excluding hydrogens is 514 g/mol. The SMILES string of the molecule is CCOC(c1nc2cc(-c3n[nH]c(=O)[nH]3)nc(-c3cncc(Cl)c3)c2n1CC1CCC(C)CC1)C1CCCC1. The van der Waals surface area contributed by atoms with E-state index >= 15 is 0 Å². The smallest absolute Gasteiger partial charge is 0.340 e. The van der Waals surface area contributed by atoms with Crippen molar-refractivity contribution in [2.45, 2.75) is 77.9 Å². The van der Waals surface area contributed by atoms with Gasteiger partial charge in [-0.15, -0.1) is 0 Å². The second-order valence-electron chi connectivity index (χ2n) is 11.3.